The van der Waals surface area contributed by atoms with Crippen LogP contribution in [0.1, 0.15) is 45.2 Å². The van der Waals surface area contributed by atoms with E-state index in [0.717, 1.165) is 0 Å². The molecular formula is C21H20Cl2N4O3. The number of ketones is 1. The fraction of sp³-hybridized carbons (Fsp3) is 0.333. The largest absolute Gasteiger partial charge is 0.351 e. The first-order chi connectivity index (χ1) is 14.1. The predicted molar refractivity (Wildman–Crippen MR) is 116 cm³/mol. The lowest BCUT2D eigenvalue weighted by Gasteiger charge is -2.36. The zero-order chi connectivity index (χ0) is 21.8. The van der Waals surface area contributed by atoms with Crippen molar-refractivity contribution in [1.29, 1.82) is 0 Å². The first-order valence-corrected chi connectivity index (χ1v) is 10.2. The monoisotopic (exact) mass is 446 g/mol. The number of hydrogen-bond acceptors (Lipinski definition) is 5. The van der Waals surface area contributed by atoms with Crippen LogP contribution in [0.15, 0.2) is 40.6 Å². The molecule has 9 heteroatoms. The number of benzene rings is 1. The average molecular weight is 447 g/mol. The Kier molecular flexibility index (Phi) is 4.98. The van der Waals surface area contributed by atoms with Gasteiger partial charge in [0.05, 0.1) is 12.4 Å². The predicted octanol–water partition coefficient (Wildman–Crippen LogP) is 4.24. The summed E-state index contributed by atoms with van der Waals surface area (Å²) in [7, 11) is 0. The van der Waals surface area contributed by atoms with Crippen LogP contribution in [0, 0.1) is 5.41 Å². The van der Waals surface area contributed by atoms with Crippen LogP contribution in [0.3, 0.4) is 0 Å². The number of anilines is 2. The number of amides is 1. The third-order valence-electron chi connectivity index (χ3n) is 5.39. The minimum absolute atomic E-state index is 0.111. The molecule has 1 atom stereocenters. The van der Waals surface area contributed by atoms with Crippen LogP contribution >= 0.6 is 23.2 Å². The third kappa shape index (κ3) is 3.42. The average Bonchev–Trinajstić information content (AvgIpc) is 2.76. The molecule has 2 heterocycles. The molecule has 0 bridgehead atoms. The SMILES string of the molecule is CC(=O)N1c2nc[nH]c(=O)c2NC2=C(C(=O)CC(C)(C)C2)C1c1ccc(Cl)cc1Cl. The number of hydrogen-bond donors (Lipinski definition) is 2. The lowest BCUT2D eigenvalue weighted by atomic mass is 9.73. The van der Waals surface area contributed by atoms with Gasteiger partial charge in [0, 0.05) is 34.7 Å². The van der Waals surface area contributed by atoms with Crippen molar-refractivity contribution in [2.24, 2.45) is 5.41 Å². The molecule has 1 aliphatic carbocycles. The quantitative estimate of drug-likeness (QED) is 0.682. The summed E-state index contributed by atoms with van der Waals surface area (Å²) in [6.07, 6.45) is 2.06. The Morgan fingerprint density at radius 3 is 2.63 bits per heavy atom. The van der Waals surface area contributed by atoms with Crippen molar-refractivity contribution in [3.05, 3.63) is 61.8 Å². The van der Waals surface area contributed by atoms with Gasteiger partial charge in [-0.25, -0.2) is 4.98 Å². The number of nitrogens with one attached hydrogen (secondary N) is 2. The molecule has 1 amide bonds. The van der Waals surface area contributed by atoms with Crippen LogP contribution in [-0.2, 0) is 9.59 Å². The van der Waals surface area contributed by atoms with Gasteiger partial charge >= 0.3 is 0 Å². The second kappa shape index (κ2) is 7.25. The Labute approximate surface area is 183 Å². The van der Waals surface area contributed by atoms with Crippen LogP contribution < -0.4 is 15.8 Å². The van der Waals surface area contributed by atoms with Gasteiger partial charge in [0.2, 0.25) is 5.91 Å². The maximum absolute atomic E-state index is 13.4. The summed E-state index contributed by atoms with van der Waals surface area (Å²) in [5.74, 6) is -0.346. The summed E-state index contributed by atoms with van der Waals surface area (Å²) in [5.41, 5.74) is 0.920. The number of fused-ring (bicyclic) bond motifs is 1. The molecule has 0 saturated heterocycles. The highest BCUT2D eigenvalue weighted by atomic mass is 35.5. The summed E-state index contributed by atoms with van der Waals surface area (Å²) in [4.78, 5) is 46.9. The van der Waals surface area contributed by atoms with Crippen molar-refractivity contribution in [3.8, 4) is 0 Å². The van der Waals surface area contributed by atoms with E-state index in [1.807, 2.05) is 13.8 Å². The zero-order valence-electron chi connectivity index (χ0n) is 16.7. The molecule has 0 fully saturated rings. The second-order valence-corrected chi connectivity index (χ2v) is 9.19. The molecule has 4 rings (SSSR count). The van der Waals surface area contributed by atoms with E-state index in [9.17, 15) is 14.4 Å². The molecule has 2 N–H and O–H groups in total. The van der Waals surface area contributed by atoms with Crippen LogP contribution in [0.5, 0.6) is 0 Å². The first-order valence-electron chi connectivity index (χ1n) is 9.45. The number of carbonyl (C=O) groups excluding carboxylic acids is 2. The molecule has 0 saturated carbocycles. The smallest absolute Gasteiger partial charge is 0.276 e. The molecule has 2 aromatic rings. The van der Waals surface area contributed by atoms with Crippen molar-refractivity contribution >= 4 is 46.4 Å². The number of nitrogens with zero attached hydrogens (tertiary/aromatic N) is 2. The van der Waals surface area contributed by atoms with Crippen molar-refractivity contribution in [1.82, 2.24) is 9.97 Å². The van der Waals surface area contributed by atoms with Gasteiger partial charge in [-0.3, -0.25) is 19.3 Å². The summed E-state index contributed by atoms with van der Waals surface area (Å²) in [5, 5.41) is 3.87. The van der Waals surface area contributed by atoms with E-state index < -0.39 is 11.6 Å². The highest BCUT2D eigenvalue weighted by Crippen LogP contribution is 2.48. The standard InChI is InChI=1S/C21H20Cl2N4O3/c1-10(28)27-18(12-5-4-11(22)6-13(12)23)16-14(7-21(2,3)8-15(16)29)26-17-19(27)24-9-25-20(17)30/h4-6,9,18,26H,7-8H2,1-3H3,(H,24,25,30). The van der Waals surface area contributed by atoms with E-state index in [1.54, 1.807) is 18.2 Å². The van der Waals surface area contributed by atoms with E-state index in [4.69, 9.17) is 23.2 Å². The minimum atomic E-state index is -0.839. The van der Waals surface area contributed by atoms with Crippen molar-refractivity contribution in [2.45, 2.75) is 39.7 Å². The van der Waals surface area contributed by atoms with Gasteiger partial charge in [-0.2, -0.15) is 0 Å². The van der Waals surface area contributed by atoms with Gasteiger partial charge in [0.1, 0.15) is 5.69 Å². The van der Waals surface area contributed by atoms with Gasteiger partial charge in [-0.1, -0.05) is 43.1 Å². The van der Waals surface area contributed by atoms with E-state index in [1.165, 1.54) is 18.2 Å². The molecule has 0 radical (unpaired) electrons. The molecular weight excluding hydrogens is 427 g/mol. The van der Waals surface area contributed by atoms with E-state index in [2.05, 4.69) is 15.3 Å². The molecule has 30 heavy (non-hydrogen) atoms. The second-order valence-electron chi connectivity index (χ2n) is 8.35. The topological polar surface area (TPSA) is 95.2 Å². The number of H-pyrrole nitrogens is 1. The van der Waals surface area contributed by atoms with Crippen LogP contribution in [0.4, 0.5) is 11.5 Å². The number of allylic oxidation sites excluding steroid dienone is 1. The number of carbonyl (C=O) groups is 2. The van der Waals surface area contributed by atoms with Gasteiger partial charge in [-0.15, -0.1) is 0 Å². The van der Waals surface area contributed by atoms with E-state index in [-0.39, 0.29) is 28.6 Å². The molecule has 1 aromatic carbocycles. The molecule has 1 unspecified atom stereocenters. The number of aromatic nitrogens is 2. The van der Waals surface area contributed by atoms with E-state index in [0.29, 0.717) is 39.7 Å². The van der Waals surface area contributed by atoms with Gasteiger partial charge in [-0.05, 0) is 29.5 Å². The van der Waals surface area contributed by atoms with E-state index >= 15 is 0 Å². The Morgan fingerprint density at radius 1 is 1.23 bits per heavy atom. The van der Waals surface area contributed by atoms with Gasteiger partial charge in [0.25, 0.3) is 5.56 Å². The summed E-state index contributed by atoms with van der Waals surface area (Å²) >= 11 is 12.6. The molecule has 2 aliphatic rings. The van der Waals surface area contributed by atoms with Gasteiger partial charge in [0.15, 0.2) is 11.6 Å². The number of rotatable bonds is 1. The molecule has 1 aliphatic heterocycles. The van der Waals surface area contributed by atoms with Crippen LogP contribution in [-0.4, -0.2) is 21.7 Å². The molecule has 0 spiro atoms. The molecule has 156 valence electrons. The van der Waals surface area contributed by atoms with Gasteiger partial charge < -0.3 is 10.3 Å². The molecule has 1 aromatic heterocycles. The van der Waals surface area contributed by atoms with Crippen LogP contribution in [0.25, 0.3) is 0 Å². The number of aromatic amines is 1. The fourth-order valence-corrected chi connectivity index (χ4v) is 4.71. The lowest BCUT2D eigenvalue weighted by Crippen LogP contribution is -2.39. The Morgan fingerprint density at radius 2 is 1.97 bits per heavy atom. The maximum Gasteiger partial charge on any atom is 0.276 e. The summed E-state index contributed by atoms with van der Waals surface area (Å²) in [6, 6.07) is 4.08. The normalized spacial score (nSPS) is 20.2. The highest BCUT2D eigenvalue weighted by Gasteiger charge is 2.44. The zero-order valence-corrected chi connectivity index (χ0v) is 18.2. The summed E-state index contributed by atoms with van der Waals surface area (Å²) in [6.45, 7) is 5.34. The first kappa shape index (κ1) is 20.6. The Bertz CT molecular complexity index is 1170. The fourth-order valence-electron chi connectivity index (χ4n) is 4.20. The van der Waals surface area contributed by atoms with Crippen molar-refractivity contribution in [3.63, 3.8) is 0 Å². The maximum atomic E-state index is 13.4. The molecule has 7 nitrogen and oxygen atoms in total. The van der Waals surface area contributed by atoms with Crippen LogP contribution in [0.2, 0.25) is 10.0 Å². The Hall–Kier alpha value is -2.64. The number of halogens is 2. The number of Topliss-reactive ketones (excluding diaryl/α,β-unsaturated/α-hetero) is 1. The summed E-state index contributed by atoms with van der Waals surface area (Å²) < 4.78 is 0. The Balaban J connectivity index is 2.08. The minimum Gasteiger partial charge on any atom is -0.351 e. The third-order valence-corrected chi connectivity index (χ3v) is 5.95. The van der Waals surface area contributed by atoms with Crippen molar-refractivity contribution < 1.29 is 9.59 Å². The highest BCUT2D eigenvalue weighted by molar-refractivity contribution is 6.35. The lowest BCUT2D eigenvalue weighted by molar-refractivity contribution is -0.118. The van der Waals surface area contributed by atoms with Crippen molar-refractivity contribution in [2.75, 3.05) is 10.2 Å².